The van der Waals surface area contributed by atoms with E-state index in [1.54, 1.807) is 10.9 Å². The first-order valence-electron chi connectivity index (χ1n) is 7.66. The molecule has 0 aliphatic heterocycles. The molecule has 0 aliphatic carbocycles. The molecule has 4 nitrogen and oxygen atoms in total. The zero-order chi connectivity index (χ0) is 17.3. The molecule has 1 heterocycles. The SMILES string of the molecule is Cc1[nH]n(-c2ccc(Br)c(C)c2C)c(=O)c1C=Nc1ccccc1. The van der Waals surface area contributed by atoms with E-state index in [1.807, 2.05) is 63.2 Å². The Morgan fingerprint density at radius 2 is 1.75 bits per heavy atom. The Labute approximate surface area is 149 Å². The molecule has 1 aromatic heterocycles. The second-order valence-electron chi connectivity index (χ2n) is 5.70. The quantitative estimate of drug-likeness (QED) is 0.659. The van der Waals surface area contributed by atoms with Crippen LogP contribution in [-0.4, -0.2) is 16.0 Å². The number of hydrogen-bond acceptors (Lipinski definition) is 2. The summed E-state index contributed by atoms with van der Waals surface area (Å²) in [7, 11) is 0. The van der Waals surface area contributed by atoms with Gasteiger partial charge < -0.3 is 0 Å². The minimum atomic E-state index is -0.1000. The van der Waals surface area contributed by atoms with Gasteiger partial charge in [-0.2, -0.15) is 0 Å². The predicted molar refractivity (Wildman–Crippen MR) is 102 cm³/mol. The number of hydrogen-bond donors (Lipinski definition) is 1. The Kier molecular flexibility index (Phi) is 4.53. The molecule has 3 rings (SSSR count). The number of nitrogens with zero attached hydrogens (tertiary/aromatic N) is 2. The first-order chi connectivity index (χ1) is 11.5. The van der Waals surface area contributed by atoms with Gasteiger partial charge in [-0.3, -0.25) is 14.9 Å². The van der Waals surface area contributed by atoms with Crippen LogP contribution in [0.1, 0.15) is 22.4 Å². The summed E-state index contributed by atoms with van der Waals surface area (Å²) in [6.07, 6.45) is 1.63. The van der Waals surface area contributed by atoms with Crippen molar-refractivity contribution in [1.29, 1.82) is 0 Å². The molecular weight excluding hydrogens is 366 g/mol. The van der Waals surface area contributed by atoms with E-state index in [0.29, 0.717) is 5.56 Å². The van der Waals surface area contributed by atoms with Crippen LogP contribution in [-0.2, 0) is 0 Å². The van der Waals surface area contributed by atoms with Crippen molar-refractivity contribution in [2.75, 3.05) is 0 Å². The maximum Gasteiger partial charge on any atom is 0.280 e. The van der Waals surface area contributed by atoms with E-state index in [2.05, 4.69) is 26.0 Å². The Morgan fingerprint density at radius 1 is 1.04 bits per heavy atom. The molecule has 0 saturated heterocycles. The summed E-state index contributed by atoms with van der Waals surface area (Å²) in [5.41, 5.74) is 5.10. The number of aryl methyl sites for hydroxylation is 1. The highest BCUT2D eigenvalue weighted by Gasteiger charge is 2.14. The van der Waals surface area contributed by atoms with Crippen LogP contribution in [0.5, 0.6) is 0 Å². The third-order valence-corrected chi connectivity index (χ3v) is 5.01. The lowest BCUT2D eigenvalue weighted by molar-refractivity contribution is 0.827. The van der Waals surface area contributed by atoms with Gasteiger partial charge in [0.25, 0.3) is 5.56 Å². The molecule has 0 spiro atoms. The van der Waals surface area contributed by atoms with Gasteiger partial charge in [0.15, 0.2) is 0 Å². The minimum Gasteiger partial charge on any atom is -0.295 e. The van der Waals surface area contributed by atoms with Gasteiger partial charge in [-0.1, -0.05) is 34.1 Å². The van der Waals surface area contributed by atoms with Crippen molar-refractivity contribution in [3.8, 4) is 5.69 Å². The van der Waals surface area contributed by atoms with E-state index in [0.717, 1.165) is 32.7 Å². The molecule has 1 N–H and O–H groups in total. The summed E-state index contributed by atoms with van der Waals surface area (Å²) in [6, 6.07) is 13.5. The third-order valence-electron chi connectivity index (χ3n) is 4.15. The molecular formula is C19H18BrN3O. The fourth-order valence-corrected chi connectivity index (χ4v) is 2.98. The summed E-state index contributed by atoms with van der Waals surface area (Å²) in [5.74, 6) is 0. The lowest BCUT2D eigenvalue weighted by Crippen LogP contribution is -2.18. The maximum absolute atomic E-state index is 12.8. The number of benzene rings is 2. The van der Waals surface area contributed by atoms with Gasteiger partial charge in [-0.25, -0.2) is 4.68 Å². The molecule has 0 atom stereocenters. The molecule has 24 heavy (non-hydrogen) atoms. The topological polar surface area (TPSA) is 50.1 Å². The van der Waals surface area contributed by atoms with Crippen molar-refractivity contribution in [3.63, 3.8) is 0 Å². The molecule has 5 heteroatoms. The highest BCUT2D eigenvalue weighted by atomic mass is 79.9. The molecule has 0 radical (unpaired) electrons. The minimum absolute atomic E-state index is 0.1000. The molecule has 0 amide bonds. The second-order valence-corrected chi connectivity index (χ2v) is 6.56. The normalized spacial score (nSPS) is 11.3. The number of aromatic nitrogens is 2. The number of rotatable bonds is 3. The van der Waals surface area contributed by atoms with Gasteiger partial charge in [-0.05, 0) is 56.2 Å². The molecule has 0 fully saturated rings. The fourth-order valence-electron chi connectivity index (χ4n) is 2.55. The van der Waals surface area contributed by atoms with Crippen LogP contribution >= 0.6 is 15.9 Å². The number of H-pyrrole nitrogens is 1. The van der Waals surface area contributed by atoms with Crippen LogP contribution < -0.4 is 5.56 Å². The standard InChI is InChI=1S/C19H18BrN3O/c1-12-13(2)18(10-9-17(12)20)23-19(24)16(14(3)22-23)11-21-15-7-5-4-6-8-15/h4-11,22H,1-3H3. The summed E-state index contributed by atoms with van der Waals surface area (Å²) in [6.45, 7) is 5.92. The number of aromatic amines is 1. The largest absolute Gasteiger partial charge is 0.295 e. The number of nitrogens with one attached hydrogen (secondary N) is 1. The van der Waals surface area contributed by atoms with Gasteiger partial charge in [0.2, 0.25) is 0 Å². The van der Waals surface area contributed by atoms with Crippen LogP contribution in [0.3, 0.4) is 0 Å². The van der Waals surface area contributed by atoms with Gasteiger partial charge in [-0.15, -0.1) is 0 Å². The zero-order valence-corrected chi connectivity index (χ0v) is 15.4. The molecule has 3 aromatic rings. The van der Waals surface area contributed by atoms with E-state index < -0.39 is 0 Å². The first kappa shape index (κ1) is 16.5. The van der Waals surface area contributed by atoms with Crippen molar-refractivity contribution in [3.05, 3.63) is 79.7 Å². The smallest absolute Gasteiger partial charge is 0.280 e. The van der Waals surface area contributed by atoms with Gasteiger partial charge in [0, 0.05) is 16.4 Å². The lowest BCUT2D eigenvalue weighted by Gasteiger charge is -2.10. The third kappa shape index (κ3) is 2.99. The molecule has 0 saturated carbocycles. The predicted octanol–water partition coefficient (Wildman–Crippen LogP) is 4.60. The van der Waals surface area contributed by atoms with Crippen LogP contribution in [0.2, 0.25) is 0 Å². The van der Waals surface area contributed by atoms with E-state index in [4.69, 9.17) is 0 Å². The van der Waals surface area contributed by atoms with E-state index in [9.17, 15) is 4.79 Å². The van der Waals surface area contributed by atoms with Crippen LogP contribution in [0.25, 0.3) is 5.69 Å². The molecule has 2 aromatic carbocycles. The molecule has 122 valence electrons. The summed E-state index contributed by atoms with van der Waals surface area (Å²) in [5, 5.41) is 3.15. The van der Waals surface area contributed by atoms with Crippen LogP contribution in [0, 0.1) is 20.8 Å². The van der Waals surface area contributed by atoms with E-state index >= 15 is 0 Å². The van der Waals surface area contributed by atoms with Crippen LogP contribution in [0.15, 0.2) is 56.7 Å². The Morgan fingerprint density at radius 3 is 2.46 bits per heavy atom. The van der Waals surface area contributed by atoms with Crippen molar-refractivity contribution < 1.29 is 0 Å². The molecule has 0 aliphatic rings. The number of para-hydroxylation sites is 1. The molecule has 0 bridgehead atoms. The Bertz CT molecular complexity index is 968. The average Bonchev–Trinajstić information content (AvgIpc) is 2.86. The van der Waals surface area contributed by atoms with Crippen molar-refractivity contribution in [2.45, 2.75) is 20.8 Å². The average molecular weight is 384 g/mol. The van der Waals surface area contributed by atoms with Gasteiger partial charge >= 0.3 is 0 Å². The van der Waals surface area contributed by atoms with Crippen molar-refractivity contribution >= 4 is 27.8 Å². The van der Waals surface area contributed by atoms with E-state index in [-0.39, 0.29) is 5.56 Å². The van der Waals surface area contributed by atoms with Crippen molar-refractivity contribution in [1.82, 2.24) is 9.78 Å². The first-order valence-corrected chi connectivity index (χ1v) is 8.45. The number of halogens is 1. The Hall–Kier alpha value is -2.40. The maximum atomic E-state index is 12.8. The Balaban J connectivity index is 2.06. The molecule has 0 unspecified atom stereocenters. The van der Waals surface area contributed by atoms with Gasteiger partial charge in [0.1, 0.15) is 0 Å². The van der Waals surface area contributed by atoms with Crippen LogP contribution in [0.4, 0.5) is 5.69 Å². The van der Waals surface area contributed by atoms with Gasteiger partial charge in [0.05, 0.1) is 16.9 Å². The highest BCUT2D eigenvalue weighted by molar-refractivity contribution is 9.10. The summed E-state index contributed by atoms with van der Waals surface area (Å²) >= 11 is 3.52. The lowest BCUT2D eigenvalue weighted by atomic mass is 10.1. The zero-order valence-electron chi connectivity index (χ0n) is 13.8. The second kappa shape index (κ2) is 6.61. The fraction of sp³-hybridized carbons (Fsp3) is 0.158. The summed E-state index contributed by atoms with van der Waals surface area (Å²) in [4.78, 5) is 17.2. The highest BCUT2D eigenvalue weighted by Crippen LogP contribution is 2.24. The monoisotopic (exact) mass is 383 g/mol. The summed E-state index contributed by atoms with van der Waals surface area (Å²) < 4.78 is 2.61. The number of aliphatic imine (C=N–C) groups is 1. The van der Waals surface area contributed by atoms with E-state index in [1.165, 1.54) is 0 Å². The van der Waals surface area contributed by atoms with Crippen molar-refractivity contribution in [2.24, 2.45) is 4.99 Å².